The Kier molecular flexibility index (Phi) is 6.28. The molecular formula is C25H28N2O4. The lowest BCUT2D eigenvalue weighted by Gasteiger charge is -2.35. The van der Waals surface area contributed by atoms with Crippen LogP contribution >= 0.6 is 0 Å². The highest BCUT2D eigenvalue weighted by atomic mass is 16.5. The number of carbonyl (C=O) groups is 1. The minimum atomic E-state index is -0.0235. The van der Waals surface area contributed by atoms with Crippen molar-refractivity contribution < 1.29 is 19.0 Å². The minimum absolute atomic E-state index is 0.0235. The summed E-state index contributed by atoms with van der Waals surface area (Å²) in [6, 6.07) is 18.5. The molecule has 0 atom stereocenters. The Morgan fingerprint density at radius 1 is 0.806 bits per heavy atom. The van der Waals surface area contributed by atoms with Gasteiger partial charge in [0, 0.05) is 38.3 Å². The Hall–Kier alpha value is -3.25. The van der Waals surface area contributed by atoms with E-state index >= 15 is 0 Å². The summed E-state index contributed by atoms with van der Waals surface area (Å²) in [7, 11) is 4.66. The molecule has 1 saturated heterocycles. The second-order valence-electron chi connectivity index (χ2n) is 7.66. The van der Waals surface area contributed by atoms with Crippen molar-refractivity contribution in [3.05, 3.63) is 65.7 Å². The highest BCUT2D eigenvalue weighted by Crippen LogP contribution is 2.38. The van der Waals surface area contributed by atoms with Gasteiger partial charge in [0.25, 0.3) is 5.91 Å². The molecule has 162 valence electrons. The average molecular weight is 421 g/mol. The van der Waals surface area contributed by atoms with Gasteiger partial charge < -0.3 is 19.1 Å². The third-order valence-corrected chi connectivity index (χ3v) is 5.79. The summed E-state index contributed by atoms with van der Waals surface area (Å²) in [4.78, 5) is 17.4. The van der Waals surface area contributed by atoms with Gasteiger partial charge in [-0.1, -0.05) is 36.4 Å². The zero-order valence-corrected chi connectivity index (χ0v) is 18.3. The van der Waals surface area contributed by atoms with E-state index in [1.165, 1.54) is 16.3 Å². The van der Waals surface area contributed by atoms with Gasteiger partial charge in [0.1, 0.15) is 0 Å². The predicted octanol–water partition coefficient (Wildman–Crippen LogP) is 3.82. The van der Waals surface area contributed by atoms with Crippen molar-refractivity contribution in [2.45, 2.75) is 6.54 Å². The zero-order valence-electron chi connectivity index (χ0n) is 18.3. The van der Waals surface area contributed by atoms with Crippen LogP contribution in [0, 0.1) is 0 Å². The number of ether oxygens (including phenoxy) is 3. The lowest BCUT2D eigenvalue weighted by atomic mass is 10.1. The summed E-state index contributed by atoms with van der Waals surface area (Å²) in [5.74, 6) is 1.44. The van der Waals surface area contributed by atoms with Crippen LogP contribution in [-0.2, 0) is 6.54 Å². The molecular weight excluding hydrogens is 392 g/mol. The van der Waals surface area contributed by atoms with Crippen LogP contribution in [0.25, 0.3) is 10.8 Å². The van der Waals surface area contributed by atoms with Crippen LogP contribution in [-0.4, -0.2) is 63.2 Å². The number of hydrogen-bond donors (Lipinski definition) is 0. The van der Waals surface area contributed by atoms with Crippen molar-refractivity contribution in [1.29, 1.82) is 0 Å². The van der Waals surface area contributed by atoms with Gasteiger partial charge in [-0.05, 0) is 34.5 Å². The molecule has 3 aromatic carbocycles. The van der Waals surface area contributed by atoms with Crippen molar-refractivity contribution in [2.75, 3.05) is 47.5 Å². The quantitative estimate of drug-likeness (QED) is 0.607. The molecule has 0 N–H and O–H groups in total. The van der Waals surface area contributed by atoms with E-state index in [2.05, 4.69) is 47.4 Å². The van der Waals surface area contributed by atoms with Crippen LogP contribution < -0.4 is 14.2 Å². The maximum atomic E-state index is 13.1. The molecule has 6 heteroatoms. The van der Waals surface area contributed by atoms with Crippen LogP contribution in [0.3, 0.4) is 0 Å². The van der Waals surface area contributed by atoms with Crippen LogP contribution in [0.15, 0.2) is 54.6 Å². The monoisotopic (exact) mass is 420 g/mol. The predicted molar refractivity (Wildman–Crippen MR) is 121 cm³/mol. The molecule has 1 aliphatic heterocycles. The largest absolute Gasteiger partial charge is 0.493 e. The fourth-order valence-corrected chi connectivity index (χ4v) is 4.09. The summed E-state index contributed by atoms with van der Waals surface area (Å²) >= 11 is 0. The highest BCUT2D eigenvalue weighted by molar-refractivity contribution is 5.95. The zero-order chi connectivity index (χ0) is 21.8. The van der Waals surface area contributed by atoms with E-state index in [0.717, 1.165) is 19.6 Å². The van der Waals surface area contributed by atoms with Gasteiger partial charge in [-0.15, -0.1) is 0 Å². The van der Waals surface area contributed by atoms with Crippen LogP contribution in [0.4, 0.5) is 0 Å². The number of methoxy groups -OCH3 is 3. The molecule has 4 rings (SSSR count). The molecule has 31 heavy (non-hydrogen) atoms. The Balaban J connectivity index is 1.41. The summed E-state index contributed by atoms with van der Waals surface area (Å²) in [6.07, 6.45) is 0. The van der Waals surface area contributed by atoms with E-state index in [0.29, 0.717) is 35.9 Å². The van der Waals surface area contributed by atoms with Crippen molar-refractivity contribution in [1.82, 2.24) is 9.80 Å². The number of fused-ring (bicyclic) bond motifs is 1. The standard InChI is InChI=1S/C25H28N2O4/c1-29-22-15-21(16-23(30-2)24(22)31-3)25(28)27-12-10-26(11-13-27)17-18-8-9-19-6-4-5-7-20(19)14-18/h4-9,14-16H,10-13,17H2,1-3H3. The first-order valence-corrected chi connectivity index (χ1v) is 10.4. The Morgan fingerprint density at radius 2 is 1.45 bits per heavy atom. The van der Waals surface area contributed by atoms with Crippen LogP contribution in [0.5, 0.6) is 17.2 Å². The van der Waals surface area contributed by atoms with Gasteiger partial charge in [-0.25, -0.2) is 0 Å². The fourth-order valence-electron chi connectivity index (χ4n) is 4.09. The van der Waals surface area contributed by atoms with E-state index in [1.807, 2.05) is 4.90 Å². The normalized spacial score (nSPS) is 14.5. The maximum absolute atomic E-state index is 13.1. The fraction of sp³-hybridized carbons (Fsp3) is 0.320. The minimum Gasteiger partial charge on any atom is -0.493 e. The van der Waals surface area contributed by atoms with E-state index < -0.39 is 0 Å². The SMILES string of the molecule is COc1cc(C(=O)N2CCN(Cc3ccc4ccccc4c3)CC2)cc(OC)c1OC. The van der Waals surface area contributed by atoms with Gasteiger partial charge in [0.05, 0.1) is 21.3 Å². The number of nitrogens with zero attached hydrogens (tertiary/aromatic N) is 2. The smallest absolute Gasteiger partial charge is 0.254 e. The molecule has 0 radical (unpaired) electrons. The highest BCUT2D eigenvalue weighted by Gasteiger charge is 2.24. The number of amides is 1. The van der Waals surface area contributed by atoms with Gasteiger partial charge in [-0.2, -0.15) is 0 Å². The molecule has 1 amide bonds. The van der Waals surface area contributed by atoms with Gasteiger partial charge in [0.2, 0.25) is 5.75 Å². The van der Waals surface area contributed by atoms with Crippen molar-refractivity contribution >= 4 is 16.7 Å². The van der Waals surface area contributed by atoms with Gasteiger partial charge >= 0.3 is 0 Å². The first-order chi connectivity index (χ1) is 15.1. The molecule has 1 heterocycles. The second kappa shape index (κ2) is 9.27. The van der Waals surface area contributed by atoms with E-state index in [4.69, 9.17) is 14.2 Å². The number of rotatable bonds is 6. The Labute approximate surface area is 182 Å². The van der Waals surface area contributed by atoms with Crippen molar-refractivity contribution in [3.8, 4) is 17.2 Å². The maximum Gasteiger partial charge on any atom is 0.254 e. The molecule has 0 unspecified atom stereocenters. The average Bonchev–Trinajstić information content (AvgIpc) is 2.83. The number of hydrogen-bond acceptors (Lipinski definition) is 5. The molecule has 0 aliphatic carbocycles. The summed E-state index contributed by atoms with van der Waals surface area (Å²) in [6.45, 7) is 3.93. The number of carbonyl (C=O) groups excluding carboxylic acids is 1. The van der Waals surface area contributed by atoms with Crippen molar-refractivity contribution in [3.63, 3.8) is 0 Å². The molecule has 1 aliphatic rings. The van der Waals surface area contributed by atoms with E-state index in [-0.39, 0.29) is 5.91 Å². The first-order valence-electron chi connectivity index (χ1n) is 10.4. The van der Waals surface area contributed by atoms with Crippen molar-refractivity contribution in [2.24, 2.45) is 0 Å². The molecule has 6 nitrogen and oxygen atoms in total. The van der Waals surface area contributed by atoms with E-state index in [1.54, 1.807) is 33.5 Å². The summed E-state index contributed by atoms with van der Waals surface area (Å²) in [5, 5.41) is 2.52. The molecule has 0 aromatic heterocycles. The molecule has 0 saturated carbocycles. The summed E-state index contributed by atoms with van der Waals surface area (Å²) in [5.41, 5.74) is 1.83. The van der Waals surface area contributed by atoms with Gasteiger partial charge in [0.15, 0.2) is 11.5 Å². The second-order valence-corrected chi connectivity index (χ2v) is 7.66. The Morgan fingerprint density at radius 3 is 2.06 bits per heavy atom. The first kappa shape index (κ1) is 21.0. The summed E-state index contributed by atoms with van der Waals surface area (Å²) < 4.78 is 16.1. The number of benzene rings is 3. The molecule has 1 fully saturated rings. The third-order valence-electron chi connectivity index (χ3n) is 5.79. The topological polar surface area (TPSA) is 51.2 Å². The Bertz CT molecular complexity index is 1050. The lowest BCUT2D eigenvalue weighted by Crippen LogP contribution is -2.48. The third kappa shape index (κ3) is 4.44. The number of piperazine rings is 1. The molecule has 0 spiro atoms. The van der Waals surface area contributed by atoms with E-state index in [9.17, 15) is 4.79 Å². The van der Waals surface area contributed by atoms with Gasteiger partial charge in [-0.3, -0.25) is 9.69 Å². The van der Waals surface area contributed by atoms with Crippen LogP contribution in [0.1, 0.15) is 15.9 Å². The lowest BCUT2D eigenvalue weighted by molar-refractivity contribution is 0.0627. The molecule has 0 bridgehead atoms. The van der Waals surface area contributed by atoms with Crippen LogP contribution in [0.2, 0.25) is 0 Å². The molecule has 3 aromatic rings.